The molecule has 0 aromatic carbocycles. The lowest BCUT2D eigenvalue weighted by atomic mass is 10.0. The molecule has 0 atom stereocenters. The van der Waals surface area contributed by atoms with E-state index in [2.05, 4.69) is 15.9 Å². The lowest BCUT2D eigenvalue weighted by molar-refractivity contribution is 1.11. The van der Waals surface area contributed by atoms with Crippen LogP contribution in [0.2, 0.25) is 6.32 Å². The summed E-state index contributed by atoms with van der Waals surface area (Å²) in [5.41, 5.74) is 0. The molecule has 28 valence electrons. The molecule has 0 aliphatic heterocycles. The minimum atomic E-state index is 0.797. The van der Waals surface area contributed by atoms with Crippen LogP contribution in [0.1, 0.15) is 6.42 Å². The molecule has 5 heavy (non-hydrogen) atoms. The molecule has 0 aromatic rings. The summed E-state index contributed by atoms with van der Waals surface area (Å²) < 4.78 is 0. The number of hydrogen-bond donors (Lipinski definition) is 0. The fourth-order valence-corrected chi connectivity index (χ4v) is 0.401. The van der Waals surface area contributed by atoms with Crippen molar-refractivity contribution in [2.45, 2.75) is 12.7 Å². The van der Waals surface area contributed by atoms with Crippen LogP contribution in [0.25, 0.3) is 0 Å². The van der Waals surface area contributed by atoms with Crippen LogP contribution in [0.3, 0.4) is 0 Å². The van der Waals surface area contributed by atoms with Gasteiger partial charge in [-0.05, 0) is 0 Å². The first-order valence-corrected chi connectivity index (χ1v) is 2.80. The van der Waals surface area contributed by atoms with Gasteiger partial charge < -0.3 is 0 Å². The quantitative estimate of drug-likeness (QED) is 0.393. The number of hydrogen-bond acceptors (Lipinski definition) is 0. The fraction of sp³-hybridized carbons (Fsp3) is 1.00. The molecule has 0 aliphatic carbocycles. The highest BCUT2D eigenvalue weighted by Crippen LogP contribution is 1.88. The standard InChI is InChI=1S/C3H6BBr/c4-2-1-3-5/h1-3H2. The summed E-state index contributed by atoms with van der Waals surface area (Å²) in [6.07, 6.45) is 1.88. The van der Waals surface area contributed by atoms with Crippen LogP contribution in [0.15, 0.2) is 0 Å². The van der Waals surface area contributed by atoms with Gasteiger partial charge in [-0.2, -0.15) is 0 Å². The molecule has 0 heterocycles. The van der Waals surface area contributed by atoms with Gasteiger partial charge in [-0.1, -0.05) is 28.7 Å². The maximum Gasteiger partial charge on any atom is 0.0653 e. The molecule has 0 unspecified atom stereocenters. The van der Waals surface area contributed by atoms with Gasteiger partial charge in [-0.25, -0.2) is 0 Å². The van der Waals surface area contributed by atoms with Crippen LogP contribution in [-0.4, -0.2) is 13.2 Å². The van der Waals surface area contributed by atoms with Crippen molar-refractivity contribution in [3.63, 3.8) is 0 Å². The zero-order valence-electron chi connectivity index (χ0n) is 3.08. The van der Waals surface area contributed by atoms with Crippen LogP contribution >= 0.6 is 15.9 Å². The largest absolute Gasteiger partial charge is 0.0928 e. The summed E-state index contributed by atoms with van der Waals surface area (Å²) in [5, 5.41) is 1.03. The first-order chi connectivity index (χ1) is 2.41. The Hall–Kier alpha value is 0.545. The highest BCUT2D eigenvalue weighted by Gasteiger charge is 1.69. The summed E-state index contributed by atoms with van der Waals surface area (Å²) in [6.45, 7) is 0. The van der Waals surface area contributed by atoms with Crippen molar-refractivity contribution in [1.29, 1.82) is 0 Å². The van der Waals surface area contributed by atoms with E-state index in [-0.39, 0.29) is 0 Å². The van der Waals surface area contributed by atoms with Crippen LogP contribution < -0.4 is 0 Å². The van der Waals surface area contributed by atoms with E-state index < -0.39 is 0 Å². The fourth-order valence-electron chi connectivity index (χ4n) is 0.0772. The Labute approximate surface area is 42.5 Å². The second kappa shape index (κ2) is 4.54. The predicted molar refractivity (Wildman–Crippen MR) is 29.0 cm³/mol. The summed E-state index contributed by atoms with van der Waals surface area (Å²) in [7, 11) is 5.11. The van der Waals surface area contributed by atoms with Crippen molar-refractivity contribution in [2.75, 3.05) is 5.33 Å². The van der Waals surface area contributed by atoms with E-state index in [1.807, 2.05) is 0 Å². The Bertz CT molecular complexity index is 14.4. The van der Waals surface area contributed by atoms with Gasteiger partial charge in [0.05, 0.1) is 7.85 Å². The van der Waals surface area contributed by atoms with Crippen molar-refractivity contribution in [3.05, 3.63) is 0 Å². The third-order valence-electron chi connectivity index (χ3n) is 0.338. The van der Waals surface area contributed by atoms with E-state index in [1.54, 1.807) is 0 Å². The van der Waals surface area contributed by atoms with Gasteiger partial charge in [0.25, 0.3) is 0 Å². The second-order valence-corrected chi connectivity index (χ2v) is 1.62. The molecule has 0 nitrogen and oxygen atoms in total. The van der Waals surface area contributed by atoms with E-state index in [0.717, 1.165) is 18.1 Å². The highest BCUT2D eigenvalue weighted by atomic mass is 79.9. The highest BCUT2D eigenvalue weighted by molar-refractivity contribution is 9.09. The Balaban J connectivity index is 2.19. The van der Waals surface area contributed by atoms with E-state index >= 15 is 0 Å². The molecule has 0 amide bonds. The number of alkyl halides is 1. The van der Waals surface area contributed by atoms with E-state index in [9.17, 15) is 0 Å². The smallest absolute Gasteiger partial charge is 0.0653 e. The van der Waals surface area contributed by atoms with E-state index in [0.29, 0.717) is 0 Å². The normalized spacial score (nSPS) is 8.20. The minimum absolute atomic E-state index is 0.797. The molecule has 0 saturated carbocycles. The summed E-state index contributed by atoms with van der Waals surface area (Å²) in [5.74, 6) is 0. The van der Waals surface area contributed by atoms with Gasteiger partial charge in [0.1, 0.15) is 0 Å². The Morgan fingerprint density at radius 2 is 2.20 bits per heavy atom. The van der Waals surface area contributed by atoms with Crippen LogP contribution in [0, 0.1) is 0 Å². The Morgan fingerprint density at radius 1 is 1.60 bits per heavy atom. The van der Waals surface area contributed by atoms with Crippen molar-refractivity contribution < 1.29 is 0 Å². The van der Waals surface area contributed by atoms with Crippen molar-refractivity contribution in [1.82, 2.24) is 0 Å². The van der Waals surface area contributed by atoms with Crippen molar-refractivity contribution in [3.8, 4) is 0 Å². The Morgan fingerprint density at radius 3 is 2.20 bits per heavy atom. The van der Waals surface area contributed by atoms with E-state index in [1.165, 1.54) is 0 Å². The maximum atomic E-state index is 5.11. The molecule has 0 aliphatic rings. The van der Waals surface area contributed by atoms with Gasteiger partial charge in [-0.3, -0.25) is 0 Å². The predicted octanol–water partition coefficient (Wildman–Crippen LogP) is 1.36. The molecule has 0 spiro atoms. The maximum absolute atomic E-state index is 5.11. The third-order valence-corrected chi connectivity index (χ3v) is 0.898. The molecule has 0 saturated heterocycles. The molecule has 0 N–H and O–H groups in total. The van der Waals surface area contributed by atoms with Gasteiger partial charge >= 0.3 is 0 Å². The van der Waals surface area contributed by atoms with Gasteiger partial charge in [-0.15, -0.1) is 0 Å². The minimum Gasteiger partial charge on any atom is -0.0928 e. The summed E-state index contributed by atoms with van der Waals surface area (Å²) >= 11 is 3.23. The monoisotopic (exact) mass is 132 g/mol. The zero-order chi connectivity index (χ0) is 4.12. The topological polar surface area (TPSA) is 0 Å². The average molecular weight is 133 g/mol. The molecule has 0 fully saturated rings. The lowest BCUT2D eigenvalue weighted by Crippen LogP contribution is -1.68. The van der Waals surface area contributed by atoms with Crippen LogP contribution in [-0.2, 0) is 0 Å². The average Bonchev–Trinajstić information content (AvgIpc) is 1.41. The first-order valence-electron chi connectivity index (χ1n) is 1.68. The van der Waals surface area contributed by atoms with Gasteiger partial charge in [0, 0.05) is 5.33 Å². The zero-order valence-corrected chi connectivity index (χ0v) is 4.66. The Kier molecular flexibility index (Phi) is 5.04. The number of halogens is 1. The molecular formula is C3H6BBr. The summed E-state index contributed by atoms with van der Waals surface area (Å²) in [6, 6.07) is 0. The van der Waals surface area contributed by atoms with Crippen LogP contribution in [0.4, 0.5) is 0 Å². The molecule has 0 aromatic heterocycles. The first kappa shape index (κ1) is 5.54. The lowest BCUT2D eigenvalue weighted by Gasteiger charge is -1.77. The van der Waals surface area contributed by atoms with Gasteiger partial charge in [0.15, 0.2) is 0 Å². The molecule has 0 bridgehead atoms. The number of rotatable bonds is 2. The van der Waals surface area contributed by atoms with Crippen molar-refractivity contribution >= 4 is 23.8 Å². The van der Waals surface area contributed by atoms with Crippen molar-refractivity contribution in [2.24, 2.45) is 0 Å². The SMILES string of the molecule is [B]CCCBr. The second-order valence-electron chi connectivity index (χ2n) is 0.831. The van der Waals surface area contributed by atoms with Gasteiger partial charge in [0.2, 0.25) is 0 Å². The van der Waals surface area contributed by atoms with E-state index in [4.69, 9.17) is 7.85 Å². The third kappa shape index (κ3) is 4.54. The molecule has 0 rings (SSSR count). The molecular weight excluding hydrogens is 127 g/mol. The van der Waals surface area contributed by atoms with Crippen LogP contribution in [0.5, 0.6) is 0 Å². The molecule has 2 radical (unpaired) electrons. The summed E-state index contributed by atoms with van der Waals surface area (Å²) in [4.78, 5) is 0. The molecule has 2 heteroatoms.